The first-order valence-corrected chi connectivity index (χ1v) is 13.6. The van der Waals surface area contributed by atoms with Gasteiger partial charge < -0.3 is 10.2 Å². The van der Waals surface area contributed by atoms with Gasteiger partial charge in [0, 0.05) is 27.6 Å². The van der Waals surface area contributed by atoms with Gasteiger partial charge in [0.1, 0.15) is 12.6 Å². The highest BCUT2D eigenvalue weighted by molar-refractivity contribution is 9.10. The Kier molecular flexibility index (Phi) is 10.0. The Balaban J connectivity index is 2.48. The highest BCUT2D eigenvalue weighted by atomic mass is 79.9. The van der Waals surface area contributed by atoms with Gasteiger partial charge in [0.05, 0.1) is 11.9 Å². The predicted molar refractivity (Wildman–Crippen MR) is 136 cm³/mol. The number of amides is 2. The van der Waals surface area contributed by atoms with Crippen LogP contribution in [0.25, 0.3) is 0 Å². The molecule has 0 heterocycles. The number of nitrogens with zero attached hydrogens (tertiary/aromatic N) is 2. The molecule has 0 spiro atoms. The van der Waals surface area contributed by atoms with Crippen molar-refractivity contribution >= 4 is 66.7 Å². The largest absolute Gasteiger partial charge is 0.355 e. The normalized spacial score (nSPS) is 12.2. The molecule has 180 valence electrons. The molecule has 0 unspecified atom stereocenters. The number of nitrogens with one attached hydrogen (secondary N) is 1. The molecule has 0 saturated carbocycles. The first kappa shape index (κ1) is 27.4. The first-order chi connectivity index (χ1) is 15.5. The van der Waals surface area contributed by atoms with Gasteiger partial charge in [-0.25, -0.2) is 8.42 Å². The smallest absolute Gasteiger partial charge is 0.244 e. The number of hydrogen-bond donors (Lipinski definition) is 1. The quantitative estimate of drug-likeness (QED) is 0.451. The fourth-order valence-electron chi connectivity index (χ4n) is 3.29. The van der Waals surface area contributed by atoms with Crippen LogP contribution in [-0.2, 0) is 26.2 Å². The van der Waals surface area contributed by atoms with E-state index in [2.05, 4.69) is 21.2 Å². The van der Waals surface area contributed by atoms with Gasteiger partial charge in [0.2, 0.25) is 21.8 Å². The Hall–Kier alpha value is -1.81. The summed E-state index contributed by atoms with van der Waals surface area (Å²) < 4.78 is 26.7. The van der Waals surface area contributed by atoms with Crippen LogP contribution in [0, 0.1) is 0 Å². The Morgan fingerprint density at radius 2 is 1.79 bits per heavy atom. The molecule has 2 rings (SSSR count). The van der Waals surface area contributed by atoms with Crippen molar-refractivity contribution in [2.75, 3.05) is 23.7 Å². The second-order valence-corrected chi connectivity index (χ2v) is 10.9. The number of likely N-dealkylation sites (N-methyl/N-ethyl adjacent to an activating group) is 1. The molecule has 1 atom stereocenters. The molecule has 11 heteroatoms. The highest BCUT2D eigenvalue weighted by Gasteiger charge is 2.32. The molecule has 2 aromatic carbocycles. The number of carbonyl (C=O) groups is 2. The number of halogens is 3. The van der Waals surface area contributed by atoms with E-state index < -0.39 is 28.5 Å². The van der Waals surface area contributed by atoms with E-state index in [-0.39, 0.29) is 12.5 Å². The maximum absolute atomic E-state index is 13.5. The van der Waals surface area contributed by atoms with Gasteiger partial charge in [-0.1, -0.05) is 48.3 Å². The molecule has 0 aliphatic rings. The Bertz CT molecular complexity index is 1110. The standard InChI is InChI=1S/C22H26BrCl2N3O4S/c1-4-19(22(30)26-5-2)27(13-15-10-11-16(24)12-18(15)25)21(29)14-28(33(3,31)32)20-9-7-6-8-17(20)23/h6-12,19H,4-5,13-14H2,1-3H3,(H,26,30)/t19-/m1/s1. The summed E-state index contributed by atoms with van der Waals surface area (Å²) in [6.07, 6.45) is 1.36. The number of hydrogen-bond acceptors (Lipinski definition) is 4. The summed E-state index contributed by atoms with van der Waals surface area (Å²) in [6.45, 7) is 3.49. The summed E-state index contributed by atoms with van der Waals surface area (Å²) >= 11 is 15.7. The van der Waals surface area contributed by atoms with Gasteiger partial charge in [-0.05, 0) is 59.1 Å². The zero-order valence-electron chi connectivity index (χ0n) is 18.5. The molecule has 0 radical (unpaired) electrons. The molecule has 0 aromatic heterocycles. The molecule has 1 N–H and O–H groups in total. The topological polar surface area (TPSA) is 86.8 Å². The molecular formula is C22H26BrCl2N3O4S. The molecule has 0 saturated heterocycles. The van der Waals surface area contributed by atoms with E-state index in [1.807, 2.05) is 0 Å². The lowest BCUT2D eigenvalue weighted by atomic mass is 10.1. The number of sulfonamides is 1. The number of carbonyl (C=O) groups excluding carboxylic acids is 2. The third kappa shape index (κ3) is 7.34. The minimum atomic E-state index is -3.81. The van der Waals surface area contributed by atoms with Crippen molar-refractivity contribution in [1.29, 1.82) is 0 Å². The SMILES string of the molecule is CCNC(=O)[C@@H](CC)N(Cc1ccc(Cl)cc1Cl)C(=O)CN(c1ccccc1Br)S(C)(=O)=O. The fourth-order valence-corrected chi connectivity index (χ4v) is 5.24. The van der Waals surface area contributed by atoms with E-state index in [1.54, 1.807) is 56.3 Å². The molecule has 0 aliphatic carbocycles. The fraction of sp³-hybridized carbons (Fsp3) is 0.364. The predicted octanol–water partition coefficient (Wildman–Crippen LogP) is 4.47. The minimum absolute atomic E-state index is 0.0119. The van der Waals surface area contributed by atoms with E-state index in [9.17, 15) is 18.0 Å². The second-order valence-electron chi connectivity index (χ2n) is 7.30. The Labute approximate surface area is 213 Å². The lowest BCUT2D eigenvalue weighted by molar-refractivity contribution is -0.140. The maximum atomic E-state index is 13.5. The Morgan fingerprint density at radius 1 is 1.12 bits per heavy atom. The van der Waals surface area contributed by atoms with Gasteiger partial charge in [0.25, 0.3) is 0 Å². The summed E-state index contributed by atoms with van der Waals surface area (Å²) in [6, 6.07) is 10.8. The van der Waals surface area contributed by atoms with Gasteiger partial charge >= 0.3 is 0 Å². The monoisotopic (exact) mass is 577 g/mol. The number of para-hydroxylation sites is 1. The van der Waals surface area contributed by atoms with Gasteiger partial charge in [-0.2, -0.15) is 0 Å². The summed E-state index contributed by atoms with van der Waals surface area (Å²) in [5, 5.41) is 3.52. The number of benzene rings is 2. The summed E-state index contributed by atoms with van der Waals surface area (Å²) in [7, 11) is -3.81. The van der Waals surface area contributed by atoms with Crippen LogP contribution in [0.15, 0.2) is 46.9 Å². The van der Waals surface area contributed by atoms with Crippen LogP contribution in [0.2, 0.25) is 10.0 Å². The molecular weight excluding hydrogens is 553 g/mol. The van der Waals surface area contributed by atoms with E-state index in [4.69, 9.17) is 23.2 Å². The van der Waals surface area contributed by atoms with Crippen molar-refractivity contribution in [2.45, 2.75) is 32.9 Å². The van der Waals surface area contributed by atoms with E-state index in [1.165, 1.54) is 4.90 Å². The van der Waals surface area contributed by atoms with Crippen molar-refractivity contribution < 1.29 is 18.0 Å². The summed E-state index contributed by atoms with van der Waals surface area (Å²) in [5.74, 6) is -0.870. The molecule has 33 heavy (non-hydrogen) atoms. The second kappa shape index (κ2) is 12.1. The van der Waals surface area contributed by atoms with Crippen LogP contribution in [0.3, 0.4) is 0 Å². The van der Waals surface area contributed by atoms with E-state index >= 15 is 0 Å². The van der Waals surface area contributed by atoms with Gasteiger partial charge in [0.15, 0.2) is 0 Å². The highest BCUT2D eigenvalue weighted by Crippen LogP contribution is 2.28. The van der Waals surface area contributed by atoms with Crippen LogP contribution in [0.5, 0.6) is 0 Å². The molecule has 0 fully saturated rings. The summed E-state index contributed by atoms with van der Waals surface area (Å²) in [4.78, 5) is 27.6. The third-order valence-corrected chi connectivity index (χ3v) is 7.28. The van der Waals surface area contributed by atoms with Crippen molar-refractivity contribution in [1.82, 2.24) is 10.2 Å². The lowest BCUT2D eigenvalue weighted by Gasteiger charge is -2.33. The van der Waals surface area contributed by atoms with Gasteiger partial charge in [-0.15, -0.1) is 0 Å². The van der Waals surface area contributed by atoms with Gasteiger partial charge in [-0.3, -0.25) is 13.9 Å². The van der Waals surface area contributed by atoms with Crippen molar-refractivity contribution in [2.24, 2.45) is 0 Å². The van der Waals surface area contributed by atoms with Crippen LogP contribution < -0.4 is 9.62 Å². The lowest BCUT2D eigenvalue weighted by Crippen LogP contribution is -2.52. The molecule has 7 nitrogen and oxygen atoms in total. The summed E-state index contributed by atoms with van der Waals surface area (Å²) in [5.41, 5.74) is 0.910. The van der Waals surface area contributed by atoms with Crippen LogP contribution in [-0.4, -0.2) is 50.5 Å². The molecule has 2 aromatic rings. The zero-order chi connectivity index (χ0) is 24.8. The molecule has 0 bridgehead atoms. The molecule has 0 aliphatic heterocycles. The maximum Gasteiger partial charge on any atom is 0.244 e. The van der Waals surface area contributed by atoms with Crippen molar-refractivity contribution in [3.63, 3.8) is 0 Å². The average Bonchev–Trinajstić information content (AvgIpc) is 2.73. The van der Waals surface area contributed by atoms with Crippen LogP contribution >= 0.6 is 39.1 Å². The van der Waals surface area contributed by atoms with E-state index in [0.717, 1.165) is 10.6 Å². The number of rotatable bonds is 10. The van der Waals surface area contributed by atoms with E-state index in [0.29, 0.717) is 38.7 Å². The number of anilines is 1. The zero-order valence-corrected chi connectivity index (χ0v) is 22.4. The average molecular weight is 579 g/mol. The minimum Gasteiger partial charge on any atom is -0.355 e. The van der Waals surface area contributed by atoms with Crippen molar-refractivity contribution in [3.05, 3.63) is 62.5 Å². The van der Waals surface area contributed by atoms with Crippen LogP contribution in [0.4, 0.5) is 5.69 Å². The van der Waals surface area contributed by atoms with Crippen molar-refractivity contribution in [3.8, 4) is 0 Å². The first-order valence-electron chi connectivity index (χ1n) is 10.2. The molecule has 2 amide bonds. The van der Waals surface area contributed by atoms with Crippen LogP contribution in [0.1, 0.15) is 25.8 Å². The third-order valence-electron chi connectivity index (χ3n) is 4.89. The Morgan fingerprint density at radius 3 is 2.33 bits per heavy atom.